The summed E-state index contributed by atoms with van der Waals surface area (Å²) in [5.41, 5.74) is 1.43. The summed E-state index contributed by atoms with van der Waals surface area (Å²) in [6.45, 7) is 16.1. The molecule has 1 atom stereocenters. The average Bonchev–Trinajstić information content (AvgIpc) is 2.47. The summed E-state index contributed by atoms with van der Waals surface area (Å²) in [7, 11) is 0. The minimum Gasteiger partial charge on any atom is -0.351 e. The van der Waals surface area contributed by atoms with Gasteiger partial charge in [-0.15, -0.1) is 0 Å². The van der Waals surface area contributed by atoms with E-state index in [0.29, 0.717) is 24.0 Å². The molecule has 3 nitrogen and oxygen atoms in total. The molecule has 3 heteroatoms. The Hall–Kier alpha value is -1.09. The van der Waals surface area contributed by atoms with Crippen molar-refractivity contribution in [1.29, 1.82) is 0 Å². The van der Waals surface area contributed by atoms with Gasteiger partial charge in [0.1, 0.15) is 5.82 Å². The summed E-state index contributed by atoms with van der Waals surface area (Å²) in [6, 6.07) is 5.87. The normalized spacial score (nSPS) is 19.8. The molecule has 1 fully saturated rings. The van der Waals surface area contributed by atoms with Gasteiger partial charge in [-0.05, 0) is 59.1 Å². The smallest absolute Gasteiger partial charge is 0.133 e. The minimum atomic E-state index is 0.464. The molecule has 0 saturated carbocycles. The molecule has 1 aromatic rings. The monoisotopic (exact) mass is 317 g/mol. The quantitative estimate of drug-likeness (QED) is 0.745. The van der Waals surface area contributed by atoms with Crippen molar-refractivity contribution in [3.05, 3.63) is 23.9 Å². The number of likely N-dealkylation sites (tertiary alicyclic amines) is 1. The number of hydrogen-bond acceptors (Lipinski definition) is 3. The third-order valence-corrected chi connectivity index (χ3v) is 4.75. The van der Waals surface area contributed by atoms with Gasteiger partial charge in [0, 0.05) is 36.4 Å². The first-order valence-electron chi connectivity index (χ1n) is 9.39. The summed E-state index contributed by atoms with van der Waals surface area (Å²) in [6.07, 6.45) is 5.87. The van der Waals surface area contributed by atoms with Gasteiger partial charge in [0.25, 0.3) is 0 Å². The molecule has 0 bridgehead atoms. The fraction of sp³-hybridized carbons (Fsp3) is 0.750. The molecule has 0 N–H and O–H groups in total. The van der Waals surface area contributed by atoms with Gasteiger partial charge in [-0.25, -0.2) is 4.98 Å². The predicted molar refractivity (Wildman–Crippen MR) is 100.0 cm³/mol. The Labute approximate surface area is 143 Å². The van der Waals surface area contributed by atoms with Crippen molar-refractivity contribution >= 4 is 5.82 Å². The van der Waals surface area contributed by atoms with Crippen molar-refractivity contribution in [3.8, 4) is 0 Å². The summed E-state index contributed by atoms with van der Waals surface area (Å²) in [4.78, 5) is 9.97. The van der Waals surface area contributed by atoms with Crippen LogP contribution in [-0.2, 0) is 0 Å². The molecule has 1 aliphatic rings. The molecule has 0 aliphatic carbocycles. The van der Waals surface area contributed by atoms with E-state index in [2.05, 4.69) is 63.5 Å². The van der Waals surface area contributed by atoms with Gasteiger partial charge in [0.05, 0.1) is 0 Å². The van der Waals surface area contributed by atoms with Crippen LogP contribution in [0.1, 0.15) is 72.4 Å². The maximum atomic E-state index is 4.81. The molecule has 2 rings (SSSR count). The maximum Gasteiger partial charge on any atom is 0.133 e. The lowest BCUT2D eigenvalue weighted by Gasteiger charge is -2.40. The lowest BCUT2D eigenvalue weighted by Crippen LogP contribution is -2.41. The van der Waals surface area contributed by atoms with Crippen LogP contribution < -0.4 is 4.90 Å². The molecular formula is C20H35N3. The van der Waals surface area contributed by atoms with E-state index >= 15 is 0 Å². The van der Waals surface area contributed by atoms with Crippen LogP contribution in [0.2, 0.25) is 0 Å². The summed E-state index contributed by atoms with van der Waals surface area (Å²) < 4.78 is 0. The van der Waals surface area contributed by atoms with E-state index in [9.17, 15) is 0 Å². The van der Waals surface area contributed by atoms with E-state index in [1.165, 1.54) is 43.7 Å². The molecule has 0 spiro atoms. The van der Waals surface area contributed by atoms with Crippen LogP contribution >= 0.6 is 0 Å². The van der Waals surface area contributed by atoms with Crippen molar-refractivity contribution < 1.29 is 0 Å². The molecule has 23 heavy (non-hydrogen) atoms. The third-order valence-electron chi connectivity index (χ3n) is 4.75. The molecule has 130 valence electrons. The van der Waals surface area contributed by atoms with E-state index in [1.54, 1.807) is 0 Å². The van der Waals surface area contributed by atoms with Gasteiger partial charge in [-0.1, -0.05) is 26.3 Å². The van der Waals surface area contributed by atoms with Crippen molar-refractivity contribution in [2.24, 2.45) is 5.92 Å². The van der Waals surface area contributed by atoms with Crippen molar-refractivity contribution in [2.75, 3.05) is 18.0 Å². The van der Waals surface area contributed by atoms with Crippen LogP contribution in [0.15, 0.2) is 18.3 Å². The first kappa shape index (κ1) is 18.3. The topological polar surface area (TPSA) is 19.4 Å². The molecular weight excluding hydrogens is 282 g/mol. The van der Waals surface area contributed by atoms with E-state index in [1.807, 2.05) is 6.20 Å². The van der Waals surface area contributed by atoms with E-state index in [0.717, 1.165) is 0 Å². The fourth-order valence-corrected chi connectivity index (χ4v) is 4.00. The minimum absolute atomic E-state index is 0.464. The number of anilines is 1. The summed E-state index contributed by atoms with van der Waals surface area (Å²) >= 11 is 0. The molecule has 1 aromatic heterocycles. The van der Waals surface area contributed by atoms with Gasteiger partial charge in [-0.3, -0.25) is 4.90 Å². The number of pyridine rings is 1. The van der Waals surface area contributed by atoms with Crippen LogP contribution in [0.4, 0.5) is 5.82 Å². The van der Waals surface area contributed by atoms with Crippen molar-refractivity contribution in [3.63, 3.8) is 0 Å². The van der Waals surface area contributed by atoms with Crippen LogP contribution in [-0.4, -0.2) is 35.1 Å². The standard InChI is InChI=1S/C20H35N3/c1-15(2)14-22-13-8-7-11-19(22)18-10-9-12-21-20(18)23(16(3)4)17(5)6/h9-10,12,15-17,19H,7-8,11,13-14H2,1-6H3. The summed E-state index contributed by atoms with van der Waals surface area (Å²) in [5.74, 6) is 1.90. The third kappa shape index (κ3) is 4.47. The Morgan fingerprint density at radius 2 is 1.83 bits per heavy atom. The molecule has 2 heterocycles. The molecule has 0 radical (unpaired) electrons. The van der Waals surface area contributed by atoms with E-state index in [-0.39, 0.29) is 0 Å². The zero-order valence-electron chi connectivity index (χ0n) is 15.9. The largest absolute Gasteiger partial charge is 0.351 e. The summed E-state index contributed by atoms with van der Waals surface area (Å²) in [5, 5.41) is 0. The number of hydrogen-bond donors (Lipinski definition) is 0. The second-order valence-electron chi connectivity index (χ2n) is 7.91. The van der Waals surface area contributed by atoms with Gasteiger partial charge < -0.3 is 4.90 Å². The number of aromatic nitrogens is 1. The maximum absolute atomic E-state index is 4.81. The highest BCUT2D eigenvalue weighted by atomic mass is 15.2. The zero-order chi connectivity index (χ0) is 17.0. The highest BCUT2D eigenvalue weighted by Gasteiger charge is 2.29. The first-order chi connectivity index (χ1) is 10.9. The lowest BCUT2D eigenvalue weighted by atomic mass is 9.94. The SMILES string of the molecule is CC(C)CN1CCCCC1c1cccnc1N(C(C)C)C(C)C. The molecule has 0 amide bonds. The van der Waals surface area contributed by atoms with Gasteiger partial charge in [-0.2, -0.15) is 0 Å². The van der Waals surface area contributed by atoms with Crippen molar-refractivity contribution in [1.82, 2.24) is 9.88 Å². The average molecular weight is 318 g/mol. The number of nitrogens with zero attached hydrogens (tertiary/aromatic N) is 3. The zero-order valence-corrected chi connectivity index (χ0v) is 15.9. The predicted octanol–water partition coefficient (Wildman–Crippen LogP) is 4.89. The van der Waals surface area contributed by atoms with Crippen LogP contribution in [0.3, 0.4) is 0 Å². The highest BCUT2D eigenvalue weighted by molar-refractivity contribution is 5.50. The molecule has 1 saturated heterocycles. The van der Waals surface area contributed by atoms with Crippen LogP contribution in [0.25, 0.3) is 0 Å². The Balaban J connectivity index is 2.37. The Morgan fingerprint density at radius 1 is 1.13 bits per heavy atom. The second kappa shape index (κ2) is 8.14. The Morgan fingerprint density at radius 3 is 2.43 bits per heavy atom. The molecule has 1 unspecified atom stereocenters. The Kier molecular flexibility index (Phi) is 6.46. The first-order valence-corrected chi connectivity index (χ1v) is 9.39. The van der Waals surface area contributed by atoms with Gasteiger partial charge >= 0.3 is 0 Å². The highest BCUT2D eigenvalue weighted by Crippen LogP contribution is 2.36. The number of piperidine rings is 1. The number of rotatable bonds is 6. The van der Waals surface area contributed by atoms with Gasteiger partial charge in [0.15, 0.2) is 0 Å². The Bertz CT molecular complexity index is 474. The molecule has 1 aliphatic heterocycles. The van der Waals surface area contributed by atoms with Crippen LogP contribution in [0, 0.1) is 5.92 Å². The van der Waals surface area contributed by atoms with E-state index in [4.69, 9.17) is 4.98 Å². The lowest BCUT2D eigenvalue weighted by molar-refractivity contribution is 0.132. The molecule has 0 aromatic carbocycles. The van der Waals surface area contributed by atoms with Crippen LogP contribution in [0.5, 0.6) is 0 Å². The van der Waals surface area contributed by atoms with Gasteiger partial charge in [0.2, 0.25) is 0 Å². The van der Waals surface area contributed by atoms with E-state index < -0.39 is 0 Å². The fourth-order valence-electron chi connectivity index (χ4n) is 4.00. The second-order valence-corrected chi connectivity index (χ2v) is 7.91. The van der Waals surface area contributed by atoms with Crippen molar-refractivity contribution in [2.45, 2.75) is 78.9 Å².